The number of nitrogens with zero attached hydrogens (tertiary/aromatic N) is 2. The lowest BCUT2D eigenvalue weighted by molar-refractivity contribution is -0.384. The zero-order valence-corrected chi connectivity index (χ0v) is 11.8. The summed E-state index contributed by atoms with van der Waals surface area (Å²) in [5.41, 5.74) is 3.77. The first kappa shape index (κ1) is 15.8. The number of carbonyl (C=O) groups is 1. The van der Waals surface area contributed by atoms with E-state index in [2.05, 4.69) is 24.4 Å². The van der Waals surface area contributed by atoms with E-state index in [-0.39, 0.29) is 11.6 Å². The summed E-state index contributed by atoms with van der Waals surface area (Å²) in [6.45, 7) is 4.12. The molecule has 0 aromatic heterocycles. The van der Waals surface area contributed by atoms with E-state index in [4.69, 9.17) is 0 Å². The van der Waals surface area contributed by atoms with Gasteiger partial charge in [0, 0.05) is 23.4 Å². The highest BCUT2D eigenvalue weighted by atomic mass is 16.6. The largest absolute Gasteiger partial charge is 0.271 e. The molecule has 0 radical (unpaired) electrons. The summed E-state index contributed by atoms with van der Waals surface area (Å²) in [7, 11) is 0. The molecular weight excluding hydrogens is 258 g/mol. The zero-order valence-electron chi connectivity index (χ0n) is 11.8. The Balaban J connectivity index is 2.70. The van der Waals surface area contributed by atoms with Crippen LogP contribution in [-0.4, -0.2) is 16.5 Å². The molecule has 0 aliphatic rings. The quantitative estimate of drug-likeness (QED) is 0.471. The summed E-state index contributed by atoms with van der Waals surface area (Å²) >= 11 is 0. The Morgan fingerprint density at radius 2 is 1.75 bits per heavy atom. The van der Waals surface area contributed by atoms with Gasteiger partial charge < -0.3 is 0 Å². The Bertz CT molecular complexity index is 487. The molecule has 0 saturated carbocycles. The molecule has 6 nitrogen and oxygen atoms in total. The highest BCUT2D eigenvalue weighted by Gasteiger charge is 2.09. The Hall–Kier alpha value is -2.24. The van der Waals surface area contributed by atoms with Gasteiger partial charge in [-0.3, -0.25) is 14.9 Å². The first-order chi connectivity index (χ1) is 9.58. The van der Waals surface area contributed by atoms with Gasteiger partial charge in [-0.05, 0) is 25.0 Å². The number of hydrogen-bond acceptors (Lipinski definition) is 4. The van der Waals surface area contributed by atoms with Gasteiger partial charge in [0.25, 0.3) is 11.6 Å². The molecule has 0 aliphatic heterocycles. The van der Waals surface area contributed by atoms with Crippen molar-refractivity contribution >= 4 is 17.3 Å². The molecule has 0 heterocycles. The lowest BCUT2D eigenvalue weighted by Crippen LogP contribution is -2.19. The second-order valence-corrected chi connectivity index (χ2v) is 4.42. The Morgan fingerprint density at radius 3 is 2.20 bits per heavy atom. The van der Waals surface area contributed by atoms with Gasteiger partial charge in [0.2, 0.25) is 0 Å². The zero-order chi connectivity index (χ0) is 15.0. The van der Waals surface area contributed by atoms with Gasteiger partial charge in [0.05, 0.1) is 4.92 Å². The van der Waals surface area contributed by atoms with Crippen molar-refractivity contribution in [1.29, 1.82) is 0 Å². The number of non-ortho nitro benzene ring substituents is 1. The first-order valence-electron chi connectivity index (χ1n) is 6.68. The van der Waals surface area contributed by atoms with Gasteiger partial charge in [-0.15, -0.1) is 0 Å². The van der Waals surface area contributed by atoms with Crippen molar-refractivity contribution in [2.45, 2.75) is 39.5 Å². The molecule has 108 valence electrons. The van der Waals surface area contributed by atoms with Crippen LogP contribution >= 0.6 is 0 Å². The Kier molecular flexibility index (Phi) is 6.36. The molecule has 6 heteroatoms. The topological polar surface area (TPSA) is 84.6 Å². The van der Waals surface area contributed by atoms with Crippen LogP contribution in [0.15, 0.2) is 29.4 Å². The van der Waals surface area contributed by atoms with Crippen molar-refractivity contribution in [2.75, 3.05) is 0 Å². The first-order valence-corrected chi connectivity index (χ1v) is 6.68. The fourth-order valence-electron chi connectivity index (χ4n) is 1.74. The van der Waals surface area contributed by atoms with E-state index in [0.717, 1.165) is 31.4 Å². The Morgan fingerprint density at radius 1 is 1.20 bits per heavy atom. The maximum Gasteiger partial charge on any atom is 0.271 e. The van der Waals surface area contributed by atoms with E-state index in [0.29, 0.717) is 5.56 Å². The maximum atomic E-state index is 11.9. The number of nitro groups is 1. The van der Waals surface area contributed by atoms with Gasteiger partial charge in [0.1, 0.15) is 0 Å². The molecule has 0 bridgehead atoms. The van der Waals surface area contributed by atoms with Crippen LogP contribution in [0, 0.1) is 10.1 Å². The predicted octanol–water partition coefficient (Wildman–Crippen LogP) is 3.28. The molecule has 1 aromatic rings. The number of carbonyl (C=O) groups excluding carboxylic acids is 1. The number of rotatable bonds is 7. The van der Waals surface area contributed by atoms with E-state index >= 15 is 0 Å². The summed E-state index contributed by atoms with van der Waals surface area (Å²) < 4.78 is 0. The van der Waals surface area contributed by atoms with Crippen LogP contribution in [-0.2, 0) is 0 Å². The fourth-order valence-corrected chi connectivity index (χ4v) is 1.74. The van der Waals surface area contributed by atoms with E-state index in [1.54, 1.807) is 0 Å². The van der Waals surface area contributed by atoms with Crippen LogP contribution in [0.4, 0.5) is 5.69 Å². The summed E-state index contributed by atoms with van der Waals surface area (Å²) in [5, 5.41) is 14.6. The third kappa shape index (κ3) is 4.79. The van der Waals surface area contributed by atoms with E-state index < -0.39 is 4.92 Å². The van der Waals surface area contributed by atoms with Crippen molar-refractivity contribution in [3.05, 3.63) is 39.9 Å². The summed E-state index contributed by atoms with van der Waals surface area (Å²) in [4.78, 5) is 21.9. The SMILES string of the molecule is CCCC(CCC)=NNC(=O)c1ccc([N+](=O)[O-])cc1. The number of nitro benzene ring substituents is 1. The molecule has 0 atom stereocenters. The number of nitrogens with one attached hydrogen (secondary N) is 1. The van der Waals surface area contributed by atoms with E-state index in [9.17, 15) is 14.9 Å². The minimum absolute atomic E-state index is 0.0392. The molecule has 1 rings (SSSR count). The maximum absolute atomic E-state index is 11.9. The van der Waals surface area contributed by atoms with Gasteiger partial charge in [-0.1, -0.05) is 26.7 Å². The second kappa shape index (κ2) is 8.04. The number of hydrogen-bond donors (Lipinski definition) is 1. The van der Waals surface area contributed by atoms with Crippen LogP contribution < -0.4 is 5.43 Å². The van der Waals surface area contributed by atoms with E-state index in [1.165, 1.54) is 24.3 Å². The minimum Gasteiger partial charge on any atom is -0.267 e. The van der Waals surface area contributed by atoms with Crippen molar-refractivity contribution in [2.24, 2.45) is 5.10 Å². The van der Waals surface area contributed by atoms with Crippen LogP contribution in [0.2, 0.25) is 0 Å². The monoisotopic (exact) mass is 277 g/mol. The highest BCUT2D eigenvalue weighted by Crippen LogP contribution is 2.11. The van der Waals surface area contributed by atoms with E-state index in [1.807, 2.05) is 0 Å². The molecule has 1 aromatic carbocycles. The molecule has 1 amide bonds. The van der Waals surface area contributed by atoms with Gasteiger partial charge in [-0.2, -0.15) is 5.10 Å². The highest BCUT2D eigenvalue weighted by molar-refractivity contribution is 5.95. The number of benzene rings is 1. The molecule has 20 heavy (non-hydrogen) atoms. The van der Waals surface area contributed by atoms with Crippen molar-refractivity contribution in [1.82, 2.24) is 5.43 Å². The molecular formula is C14H19N3O3. The van der Waals surface area contributed by atoms with Crippen molar-refractivity contribution in [3.63, 3.8) is 0 Å². The predicted molar refractivity (Wildman–Crippen MR) is 77.8 cm³/mol. The lowest BCUT2D eigenvalue weighted by Gasteiger charge is -2.04. The third-order valence-corrected chi connectivity index (χ3v) is 2.73. The van der Waals surface area contributed by atoms with Crippen LogP contribution in [0.3, 0.4) is 0 Å². The average Bonchev–Trinajstić information content (AvgIpc) is 2.45. The van der Waals surface area contributed by atoms with Gasteiger partial charge >= 0.3 is 0 Å². The van der Waals surface area contributed by atoms with Crippen LogP contribution in [0.25, 0.3) is 0 Å². The van der Waals surface area contributed by atoms with Crippen LogP contribution in [0.5, 0.6) is 0 Å². The smallest absolute Gasteiger partial charge is 0.267 e. The van der Waals surface area contributed by atoms with Crippen molar-refractivity contribution < 1.29 is 9.72 Å². The standard InChI is InChI=1S/C14H19N3O3/c1-3-5-12(6-4-2)15-16-14(18)11-7-9-13(10-8-11)17(19)20/h7-10H,3-6H2,1-2H3,(H,16,18). The number of amides is 1. The van der Waals surface area contributed by atoms with Gasteiger partial charge in [0.15, 0.2) is 0 Å². The summed E-state index contributed by atoms with van der Waals surface area (Å²) in [5.74, 6) is -0.357. The average molecular weight is 277 g/mol. The normalized spacial score (nSPS) is 9.90. The lowest BCUT2D eigenvalue weighted by atomic mass is 10.1. The molecule has 0 unspecified atom stereocenters. The summed E-state index contributed by atoms with van der Waals surface area (Å²) in [6.07, 6.45) is 3.67. The van der Waals surface area contributed by atoms with Crippen molar-refractivity contribution in [3.8, 4) is 0 Å². The molecule has 0 aliphatic carbocycles. The Labute approximate surface area is 118 Å². The minimum atomic E-state index is -0.500. The molecule has 1 N–H and O–H groups in total. The molecule has 0 saturated heterocycles. The summed E-state index contributed by atoms with van der Waals surface area (Å²) in [6, 6.07) is 5.44. The number of hydrazone groups is 1. The third-order valence-electron chi connectivity index (χ3n) is 2.73. The second-order valence-electron chi connectivity index (χ2n) is 4.42. The molecule has 0 spiro atoms. The molecule has 0 fully saturated rings. The van der Waals surface area contributed by atoms with Crippen LogP contribution in [0.1, 0.15) is 49.9 Å². The van der Waals surface area contributed by atoms with Gasteiger partial charge in [-0.25, -0.2) is 5.43 Å². The fraction of sp³-hybridized carbons (Fsp3) is 0.429.